The summed E-state index contributed by atoms with van der Waals surface area (Å²) in [7, 11) is 0. The van der Waals surface area contributed by atoms with Crippen LogP contribution in [0.2, 0.25) is 0 Å². The minimum absolute atomic E-state index is 0.0396. The summed E-state index contributed by atoms with van der Waals surface area (Å²) in [6.45, 7) is 1.09. The van der Waals surface area contributed by atoms with Crippen molar-refractivity contribution in [3.63, 3.8) is 0 Å². The van der Waals surface area contributed by atoms with Crippen LogP contribution in [0.5, 0.6) is 5.75 Å². The number of alkyl halides is 3. The molecule has 0 aromatic heterocycles. The molecule has 8 atom stereocenters. The number of hydrogen-bond donors (Lipinski definition) is 16. The largest absolute Gasteiger partial charge is 0.508 e. The second kappa shape index (κ2) is 31.9. The first-order valence-electron chi connectivity index (χ1n) is 22.5. The van der Waals surface area contributed by atoms with Crippen molar-refractivity contribution in [1.29, 1.82) is 0 Å². The third kappa shape index (κ3) is 23.4. The normalized spacial score (nSPS) is 15.8. The number of amides is 8. The van der Waals surface area contributed by atoms with E-state index in [1.807, 2.05) is 0 Å². The van der Waals surface area contributed by atoms with Gasteiger partial charge in [0.2, 0.25) is 47.3 Å². The number of guanidine groups is 1. The summed E-state index contributed by atoms with van der Waals surface area (Å²) in [5.74, 6) is -13.5. The van der Waals surface area contributed by atoms with Crippen LogP contribution < -0.4 is 54.4 Å². The molecule has 0 bridgehead atoms. The number of halogens is 3. The number of hydrogen-bond acceptors (Lipinski definition) is 16. The summed E-state index contributed by atoms with van der Waals surface area (Å²) < 4.78 is 31.7. The minimum Gasteiger partial charge on any atom is -0.508 e. The average Bonchev–Trinajstić information content (AvgIpc) is 3.83. The number of phenols is 1. The standard InChI is InChI=1S/C40H62N12O14S.C2HF3O2/c1-3-20(2)32(37(63)46-17-30(56)48-27(18-53)35(61)49-24(39(65)66)6-4-12-44-40(42)43)51-34(60)25(14-21-8-10-22(54)11-9-21)47-29(55)16-45-36(62)28-7-5-13-52(28)38(64)26(15-31(57)58)50-33(59)23(41)19-67;3-2(4,5)1(6)7/h8-11,20,23-28,32,53-54,67H,3-7,12-19,41H2,1-2H3,(H,45,62)(H,46,63)(H,47,55)(H,48,56)(H,49,61)(H,50,59)(H,51,60)(H,57,58)(H,65,66)(H4,42,43,44);(H,6,7)/t20-,23-,24-,25-,26-,27-,28-,32-;/m0./s1. The van der Waals surface area contributed by atoms with Gasteiger partial charge in [-0.25, -0.2) is 9.59 Å². The number of aliphatic hydroxyl groups is 1. The molecule has 0 radical (unpaired) electrons. The van der Waals surface area contributed by atoms with Gasteiger partial charge >= 0.3 is 24.1 Å². The zero-order valence-corrected chi connectivity index (χ0v) is 40.9. The molecule has 414 valence electrons. The SMILES string of the molecule is CC[C@H](C)[C@H](NC(=O)[C@H](Cc1ccc(O)cc1)NC(=O)CNC(=O)[C@@H]1CCCN1C(=O)[C@H](CC(=O)O)NC(=O)[C@@H](N)CS)C(=O)NCC(=O)N[C@@H](CO)C(=O)N[C@@H](CCCN=C(N)N)C(=O)O.O=C(O)C(F)(F)F. The molecule has 1 heterocycles. The molecule has 1 aliphatic rings. The molecular formula is C42H63F3N12O16S. The number of aromatic hydroxyl groups is 1. The van der Waals surface area contributed by atoms with Crippen LogP contribution in [0, 0.1) is 5.92 Å². The molecule has 0 aliphatic carbocycles. The summed E-state index contributed by atoms with van der Waals surface area (Å²) >= 11 is 3.94. The van der Waals surface area contributed by atoms with Gasteiger partial charge in [0, 0.05) is 25.3 Å². The van der Waals surface area contributed by atoms with E-state index >= 15 is 0 Å². The van der Waals surface area contributed by atoms with E-state index in [0.29, 0.717) is 18.4 Å². The number of aliphatic carboxylic acids is 3. The first-order chi connectivity index (χ1) is 34.6. The maximum Gasteiger partial charge on any atom is 0.490 e. The highest BCUT2D eigenvalue weighted by molar-refractivity contribution is 7.80. The molecule has 0 spiro atoms. The number of thiol groups is 1. The molecule has 8 amide bonds. The van der Waals surface area contributed by atoms with Crippen LogP contribution in [0.4, 0.5) is 13.2 Å². The summed E-state index contributed by atoms with van der Waals surface area (Å²) in [6.07, 6.45) is -5.15. The second-order valence-electron chi connectivity index (χ2n) is 16.4. The number of carbonyl (C=O) groups is 11. The fourth-order valence-corrected chi connectivity index (χ4v) is 6.72. The Morgan fingerprint density at radius 2 is 1.36 bits per heavy atom. The van der Waals surface area contributed by atoms with Crippen molar-refractivity contribution in [2.45, 2.75) is 107 Å². The van der Waals surface area contributed by atoms with Crippen LogP contribution in [0.25, 0.3) is 0 Å². The van der Waals surface area contributed by atoms with Crippen LogP contribution >= 0.6 is 12.6 Å². The molecule has 32 heteroatoms. The number of nitrogens with zero attached hydrogens (tertiary/aromatic N) is 2. The number of likely N-dealkylation sites (tertiary alicyclic amines) is 1. The molecule has 74 heavy (non-hydrogen) atoms. The van der Waals surface area contributed by atoms with Crippen LogP contribution in [-0.2, 0) is 59.2 Å². The Labute approximate surface area is 425 Å². The Bertz CT molecular complexity index is 2170. The number of carbonyl (C=O) groups excluding carboxylic acids is 8. The van der Waals surface area contributed by atoms with Gasteiger partial charge in [0.25, 0.3) is 0 Å². The van der Waals surface area contributed by atoms with E-state index in [1.54, 1.807) is 13.8 Å². The summed E-state index contributed by atoms with van der Waals surface area (Å²) in [5.41, 5.74) is 16.6. The third-order valence-electron chi connectivity index (χ3n) is 10.7. The monoisotopic (exact) mass is 1080 g/mol. The maximum absolute atomic E-state index is 13.9. The molecule has 0 unspecified atom stereocenters. The van der Waals surface area contributed by atoms with Gasteiger partial charge in [-0.1, -0.05) is 32.4 Å². The summed E-state index contributed by atoms with van der Waals surface area (Å²) in [5, 5.41) is 62.2. The fraction of sp³-hybridized carbons (Fsp3) is 0.571. The van der Waals surface area contributed by atoms with E-state index in [2.05, 4.69) is 54.8 Å². The molecule has 0 saturated carbocycles. The van der Waals surface area contributed by atoms with Gasteiger partial charge in [-0.2, -0.15) is 25.8 Å². The van der Waals surface area contributed by atoms with Crippen LogP contribution in [0.3, 0.4) is 0 Å². The number of rotatable bonds is 28. The van der Waals surface area contributed by atoms with E-state index < -0.39 is 146 Å². The van der Waals surface area contributed by atoms with Crippen LogP contribution in [0.15, 0.2) is 29.3 Å². The second-order valence-corrected chi connectivity index (χ2v) is 16.8. The lowest BCUT2D eigenvalue weighted by Crippen LogP contribution is -2.58. The van der Waals surface area contributed by atoms with Gasteiger partial charge in [0.05, 0.1) is 32.2 Å². The molecule has 1 fully saturated rings. The minimum atomic E-state index is -5.08. The van der Waals surface area contributed by atoms with Crippen LogP contribution in [-0.4, -0.2) is 189 Å². The van der Waals surface area contributed by atoms with Gasteiger partial charge in [-0.05, 0) is 49.3 Å². The predicted octanol–water partition coefficient (Wildman–Crippen LogP) is -4.88. The Balaban J connectivity index is 0.00000363. The molecule has 2 rings (SSSR count). The van der Waals surface area contributed by atoms with Gasteiger partial charge in [-0.3, -0.25) is 48.1 Å². The molecule has 1 aromatic rings. The molecule has 1 aromatic carbocycles. The Kier molecular flexibility index (Phi) is 27.8. The number of carboxylic acid groups (broad SMARTS) is 3. The molecule has 18 N–H and O–H groups in total. The number of aliphatic imine (C=N–C) groups is 1. The van der Waals surface area contributed by atoms with E-state index in [4.69, 9.17) is 27.1 Å². The van der Waals surface area contributed by atoms with Gasteiger partial charge in [0.15, 0.2) is 5.96 Å². The quantitative estimate of drug-likeness (QED) is 0.0162. The fourth-order valence-electron chi connectivity index (χ4n) is 6.55. The van der Waals surface area contributed by atoms with E-state index in [-0.39, 0.29) is 56.2 Å². The van der Waals surface area contributed by atoms with E-state index in [1.165, 1.54) is 24.3 Å². The van der Waals surface area contributed by atoms with Gasteiger partial charge < -0.3 is 84.9 Å². The number of nitrogens with two attached hydrogens (primary N) is 3. The lowest BCUT2D eigenvalue weighted by Gasteiger charge is -2.29. The van der Waals surface area contributed by atoms with Crippen molar-refractivity contribution in [2.24, 2.45) is 28.1 Å². The first-order valence-corrected chi connectivity index (χ1v) is 23.1. The van der Waals surface area contributed by atoms with E-state index in [9.17, 15) is 81.5 Å². The van der Waals surface area contributed by atoms with Crippen molar-refractivity contribution in [3.8, 4) is 5.75 Å². The molecular weight excluding hydrogens is 1020 g/mol. The molecule has 28 nitrogen and oxygen atoms in total. The zero-order valence-electron chi connectivity index (χ0n) is 40.1. The highest BCUT2D eigenvalue weighted by Gasteiger charge is 2.40. The predicted molar refractivity (Wildman–Crippen MR) is 254 cm³/mol. The van der Waals surface area contributed by atoms with Crippen molar-refractivity contribution in [3.05, 3.63) is 29.8 Å². The summed E-state index contributed by atoms with van der Waals surface area (Å²) in [4.78, 5) is 142. The smallest absolute Gasteiger partial charge is 0.490 e. The van der Waals surface area contributed by atoms with Crippen LogP contribution in [0.1, 0.15) is 57.9 Å². The first kappa shape index (κ1) is 64.5. The highest BCUT2D eigenvalue weighted by atomic mass is 32.1. The zero-order chi connectivity index (χ0) is 56.5. The highest BCUT2D eigenvalue weighted by Crippen LogP contribution is 2.20. The average molecular weight is 1080 g/mol. The molecule has 1 aliphatic heterocycles. The van der Waals surface area contributed by atoms with Crippen molar-refractivity contribution >= 4 is 83.8 Å². The van der Waals surface area contributed by atoms with E-state index in [0.717, 1.165) is 4.90 Å². The lowest BCUT2D eigenvalue weighted by molar-refractivity contribution is -0.192. The number of benzene rings is 1. The van der Waals surface area contributed by atoms with Gasteiger partial charge in [-0.15, -0.1) is 0 Å². The lowest BCUT2D eigenvalue weighted by atomic mass is 9.97. The maximum atomic E-state index is 13.9. The Morgan fingerprint density at radius 3 is 1.88 bits per heavy atom. The number of aliphatic hydroxyl groups excluding tert-OH is 1. The summed E-state index contributed by atoms with van der Waals surface area (Å²) in [6, 6.07) is -3.90. The topological polar surface area (TPSA) is 467 Å². The third-order valence-corrected chi connectivity index (χ3v) is 11.1. The van der Waals surface area contributed by atoms with Crippen molar-refractivity contribution in [1.82, 2.24) is 42.1 Å². The number of phenolic OH excluding ortho intramolecular Hbond substituents is 1. The number of nitrogens with one attached hydrogen (secondary N) is 7. The Morgan fingerprint density at radius 1 is 0.811 bits per heavy atom. The van der Waals surface area contributed by atoms with Crippen molar-refractivity contribution < 1.29 is 91.4 Å². The molecule has 1 saturated heterocycles. The van der Waals surface area contributed by atoms with Crippen molar-refractivity contribution in [2.75, 3.05) is 38.5 Å². The number of carboxylic acids is 3. The Hall–Kier alpha value is -7.48. The van der Waals surface area contributed by atoms with Gasteiger partial charge in [0.1, 0.15) is 42.0 Å².